The summed E-state index contributed by atoms with van der Waals surface area (Å²) in [6, 6.07) is 14.3. The maximum absolute atomic E-state index is 12.8. The number of benzene rings is 2. The van der Waals surface area contributed by atoms with Gasteiger partial charge in [-0.05, 0) is 49.2 Å². The number of rotatable bonds is 5. The van der Waals surface area contributed by atoms with Crippen molar-refractivity contribution in [3.8, 4) is 5.75 Å². The number of halogens is 3. The van der Waals surface area contributed by atoms with Crippen LogP contribution >= 0.6 is 0 Å². The summed E-state index contributed by atoms with van der Waals surface area (Å²) in [7, 11) is 1.71. The van der Waals surface area contributed by atoms with Crippen molar-refractivity contribution in [1.82, 2.24) is 9.80 Å². The standard InChI is InChI=1S/C24H30F3N3O/c1-31-23-7-3-2-6-22(23)30-15-13-29(14-16-30)21-5-4-12-28(18-21)17-19-8-10-20(11-9-19)24(25,26)27/h2-3,6-11,21H,4-5,12-18H2,1H3. The van der Waals surface area contributed by atoms with Crippen molar-refractivity contribution in [1.29, 1.82) is 0 Å². The first-order valence-electron chi connectivity index (χ1n) is 10.9. The lowest BCUT2D eigenvalue weighted by Crippen LogP contribution is -2.55. The maximum Gasteiger partial charge on any atom is 0.416 e. The van der Waals surface area contributed by atoms with E-state index in [4.69, 9.17) is 4.74 Å². The van der Waals surface area contributed by atoms with Gasteiger partial charge in [0.1, 0.15) is 5.75 Å². The van der Waals surface area contributed by atoms with E-state index in [1.165, 1.54) is 18.6 Å². The van der Waals surface area contributed by atoms with Crippen molar-refractivity contribution in [2.24, 2.45) is 0 Å². The van der Waals surface area contributed by atoms with E-state index >= 15 is 0 Å². The van der Waals surface area contributed by atoms with Gasteiger partial charge in [0, 0.05) is 45.3 Å². The minimum Gasteiger partial charge on any atom is -0.495 e. The molecule has 4 nitrogen and oxygen atoms in total. The smallest absolute Gasteiger partial charge is 0.416 e. The number of hydrogen-bond acceptors (Lipinski definition) is 4. The van der Waals surface area contributed by atoms with Crippen molar-refractivity contribution < 1.29 is 17.9 Å². The molecule has 2 aromatic rings. The molecular weight excluding hydrogens is 403 g/mol. The van der Waals surface area contributed by atoms with E-state index < -0.39 is 11.7 Å². The van der Waals surface area contributed by atoms with Crippen LogP contribution in [-0.2, 0) is 12.7 Å². The second kappa shape index (κ2) is 9.49. The number of hydrogen-bond donors (Lipinski definition) is 0. The van der Waals surface area contributed by atoms with Crippen LogP contribution in [0.15, 0.2) is 48.5 Å². The number of para-hydroxylation sites is 2. The number of methoxy groups -OCH3 is 1. The highest BCUT2D eigenvalue weighted by atomic mass is 19.4. The molecule has 0 aliphatic carbocycles. The lowest BCUT2D eigenvalue weighted by atomic mass is 10.0. The molecule has 2 aromatic carbocycles. The van der Waals surface area contributed by atoms with E-state index in [-0.39, 0.29) is 0 Å². The van der Waals surface area contributed by atoms with Crippen molar-refractivity contribution in [2.75, 3.05) is 51.3 Å². The first-order valence-corrected chi connectivity index (χ1v) is 10.9. The Hall–Kier alpha value is -2.25. The zero-order chi connectivity index (χ0) is 21.8. The van der Waals surface area contributed by atoms with Gasteiger partial charge in [0.25, 0.3) is 0 Å². The first-order chi connectivity index (χ1) is 14.9. The fourth-order valence-electron chi connectivity index (χ4n) is 4.75. The van der Waals surface area contributed by atoms with Crippen LogP contribution in [-0.4, -0.2) is 62.2 Å². The van der Waals surface area contributed by atoms with Gasteiger partial charge in [0.05, 0.1) is 18.4 Å². The Morgan fingerprint density at radius 2 is 1.65 bits per heavy atom. The Morgan fingerprint density at radius 1 is 0.935 bits per heavy atom. The van der Waals surface area contributed by atoms with Gasteiger partial charge in [-0.1, -0.05) is 24.3 Å². The van der Waals surface area contributed by atoms with Crippen molar-refractivity contribution >= 4 is 5.69 Å². The third-order valence-corrected chi connectivity index (χ3v) is 6.42. The molecule has 2 aliphatic rings. The average Bonchev–Trinajstić information content (AvgIpc) is 2.79. The van der Waals surface area contributed by atoms with Gasteiger partial charge >= 0.3 is 6.18 Å². The summed E-state index contributed by atoms with van der Waals surface area (Å²) >= 11 is 0. The quantitative estimate of drug-likeness (QED) is 0.691. The van der Waals surface area contributed by atoms with Gasteiger partial charge in [-0.15, -0.1) is 0 Å². The third kappa shape index (κ3) is 5.33. The van der Waals surface area contributed by atoms with E-state index in [1.54, 1.807) is 19.2 Å². The van der Waals surface area contributed by atoms with Gasteiger partial charge in [0.15, 0.2) is 0 Å². The molecule has 0 radical (unpaired) electrons. The molecule has 0 saturated carbocycles. The monoisotopic (exact) mass is 433 g/mol. The minimum absolute atomic E-state index is 0.503. The topological polar surface area (TPSA) is 19.0 Å². The Balaban J connectivity index is 1.31. The normalized spacial score (nSPS) is 21.3. The highest BCUT2D eigenvalue weighted by Gasteiger charge is 2.31. The first kappa shape index (κ1) is 22.0. The minimum atomic E-state index is -4.28. The van der Waals surface area contributed by atoms with E-state index in [2.05, 4.69) is 20.8 Å². The van der Waals surface area contributed by atoms with E-state index in [9.17, 15) is 13.2 Å². The summed E-state index contributed by atoms with van der Waals surface area (Å²) in [4.78, 5) is 7.34. The Labute approximate surface area is 182 Å². The summed E-state index contributed by atoms with van der Waals surface area (Å²) in [6.07, 6.45) is -1.98. The summed E-state index contributed by atoms with van der Waals surface area (Å²) in [6.45, 7) is 6.63. The molecule has 31 heavy (non-hydrogen) atoms. The summed E-state index contributed by atoms with van der Waals surface area (Å²) < 4.78 is 43.9. The van der Waals surface area contributed by atoms with Gasteiger partial charge < -0.3 is 9.64 Å². The van der Waals surface area contributed by atoms with Gasteiger partial charge in [-0.25, -0.2) is 0 Å². The lowest BCUT2D eigenvalue weighted by Gasteiger charge is -2.44. The molecule has 0 spiro atoms. The van der Waals surface area contributed by atoms with Crippen LogP contribution in [0.4, 0.5) is 18.9 Å². The molecular formula is C24H30F3N3O. The molecule has 1 unspecified atom stereocenters. The van der Waals surface area contributed by atoms with E-state index in [1.807, 2.05) is 18.2 Å². The van der Waals surface area contributed by atoms with Crippen molar-refractivity contribution in [3.63, 3.8) is 0 Å². The van der Waals surface area contributed by atoms with E-state index in [0.29, 0.717) is 12.6 Å². The molecule has 0 bridgehead atoms. The molecule has 2 heterocycles. The SMILES string of the molecule is COc1ccccc1N1CCN(C2CCCN(Cc3ccc(C(F)(F)F)cc3)C2)CC1. The fraction of sp³-hybridized carbons (Fsp3) is 0.500. The molecule has 4 rings (SSSR count). The largest absolute Gasteiger partial charge is 0.495 e. The number of nitrogens with zero attached hydrogens (tertiary/aromatic N) is 3. The molecule has 1 atom stereocenters. The second-order valence-corrected chi connectivity index (χ2v) is 8.42. The van der Waals surface area contributed by atoms with Gasteiger partial charge in [-0.3, -0.25) is 9.80 Å². The highest BCUT2D eigenvalue weighted by Crippen LogP contribution is 2.30. The van der Waals surface area contributed by atoms with Crippen LogP contribution < -0.4 is 9.64 Å². The van der Waals surface area contributed by atoms with Crippen LogP contribution in [0.3, 0.4) is 0 Å². The Bertz CT molecular complexity index is 848. The van der Waals surface area contributed by atoms with Crippen LogP contribution in [0.2, 0.25) is 0 Å². The molecule has 2 fully saturated rings. The molecule has 2 aliphatic heterocycles. The second-order valence-electron chi connectivity index (χ2n) is 8.42. The lowest BCUT2D eigenvalue weighted by molar-refractivity contribution is -0.137. The third-order valence-electron chi connectivity index (χ3n) is 6.42. The predicted octanol–water partition coefficient (Wildman–Crippen LogP) is 4.50. The van der Waals surface area contributed by atoms with E-state index in [0.717, 1.165) is 62.7 Å². The molecule has 168 valence electrons. The van der Waals surface area contributed by atoms with Crippen LogP contribution in [0.25, 0.3) is 0 Å². The van der Waals surface area contributed by atoms with Crippen LogP contribution in [0.5, 0.6) is 5.75 Å². The highest BCUT2D eigenvalue weighted by molar-refractivity contribution is 5.58. The number of likely N-dealkylation sites (tertiary alicyclic amines) is 1. The molecule has 0 amide bonds. The maximum atomic E-state index is 12.8. The predicted molar refractivity (Wildman–Crippen MR) is 117 cm³/mol. The zero-order valence-corrected chi connectivity index (χ0v) is 17.9. The molecule has 0 aromatic heterocycles. The number of piperidine rings is 1. The average molecular weight is 434 g/mol. The van der Waals surface area contributed by atoms with Gasteiger partial charge in [-0.2, -0.15) is 13.2 Å². The zero-order valence-electron chi connectivity index (χ0n) is 17.9. The molecule has 2 saturated heterocycles. The number of alkyl halides is 3. The Morgan fingerprint density at radius 3 is 2.32 bits per heavy atom. The molecule has 0 N–H and O–H groups in total. The Kier molecular flexibility index (Phi) is 6.72. The summed E-state index contributed by atoms with van der Waals surface area (Å²) in [5.41, 5.74) is 1.51. The van der Waals surface area contributed by atoms with Gasteiger partial charge in [0.2, 0.25) is 0 Å². The number of ether oxygens (including phenoxy) is 1. The summed E-state index contributed by atoms with van der Waals surface area (Å²) in [5, 5.41) is 0. The van der Waals surface area contributed by atoms with Crippen LogP contribution in [0.1, 0.15) is 24.0 Å². The van der Waals surface area contributed by atoms with Crippen LogP contribution in [0, 0.1) is 0 Å². The summed E-state index contributed by atoms with van der Waals surface area (Å²) in [5.74, 6) is 0.913. The number of piperazine rings is 1. The fourth-order valence-corrected chi connectivity index (χ4v) is 4.75. The molecule has 7 heteroatoms. The van der Waals surface area contributed by atoms with Crippen molar-refractivity contribution in [3.05, 3.63) is 59.7 Å². The number of anilines is 1. The van der Waals surface area contributed by atoms with Crippen molar-refractivity contribution in [2.45, 2.75) is 31.6 Å².